The van der Waals surface area contributed by atoms with Gasteiger partial charge in [0.25, 0.3) is 0 Å². The standard InChI is InChI=1S/C24H29NO7/c1-17-7-11-19(12-8-17)25-24(29)32-23(21(30-2)5-3-4-6-22(27)28)18-9-13-20(14-10-18)31-16-15-26/h4,6-14,21,23,26H,3,5,15-16H2,1-2H3,(H,25,29)(H,27,28)/b6-4+/t21-,23-/m0/s1. The first-order valence-corrected chi connectivity index (χ1v) is 10.2. The van der Waals surface area contributed by atoms with Gasteiger partial charge in [0.05, 0.1) is 12.7 Å². The van der Waals surface area contributed by atoms with Gasteiger partial charge < -0.3 is 24.4 Å². The van der Waals surface area contributed by atoms with Crippen LogP contribution in [-0.2, 0) is 14.3 Å². The summed E-state index contributed by atoms with van der Waals surface area (Å²) < 4.78 is 16.7. The SMILES string of the molecule is CO[C@@H](CC/C=C/C(=O)O)[C@@H](OC(=O)Nc1ccc(C)cc1)c1ccc(OCCO)cc1. The summed E-state index contributed by atoms with van der Waals surface area (Å²) in [6.45, 7) is 2.03. The molecule has 8 nitrogen and oxygen atoms in total. The minimum Gasteiger partial charge on any atom is -0.491 e. The molecular weight excluding hydrogens is 414 g/mol. The number of carboxylic acid groups (broad SMARTS) is 1. The van der Waals surface area contributed by atoms with Crippen LogP contribution in [0.4, 0.5) is 10.5 Å². The van der Waals surface area contributed by atoms with Crippen LogP contribution in [0.1, 0.15) is 30.1 Å². The minimum atomic E-state index is -1.03. The van der Waals surface area contributed by atoms with Crippen LogP contribution in [0.3, 0.4) is 0 Å². The maximum atomic E-state index is 12.6. The molecule has 0 radical (unpaired) electrons. The Bertz CT molecular complexity index is 878. The van der Waals surface area contributed by atoms with E-state index in [0.29, 0.717) is 29.8 Å². The molecule has 0 saturated heterocycles. The highest BCUT2D eigenvalue weighted by Gasteiger charge is 2.27. The number of aryl methyl sites for hydroxylation is 1. The Labute approximate surface area is 187 Å². The van der Waals surface area contributed by atoms with Crippen molar-refractivity contribution in [1.82, 2.24) is 0 Å². The zero-order valence-electron chi connectivity index (χ0n) is 18.2. The van der Waals surface area contributed by atoms with Gasteiger partial charge in [0, 0.05) is 18.9 Å². The Kier molecular flexibility index (Phi) is 10.2. The van der Waals surface area contributed by atoms with Gasteiger partial charge in [0.1, 0.15) is 12.4 Å². The van der Waals surface area contributed by atoms with Gasteiger partial charge in [-0.15, -0.1) is 0 Å². The summed E-state index contributed by atoms with van der Waals surface area (Å²) >= 11 is 0. The number of hydrogen-bond donors (Lipinski definition) is 3. The minimum absolute atomic E-state index is 0.0950. The van der Waals surface area contributed by atoms with Crippen molar-refractivity contribution >= 4 is 17.7 Å². The number of hydrogen-bond acceptors (Lipinski definition) is 6. The summed E-state index contributed by atoms with van der Waals surface area (Å²) in [7, 11) is 1.51. The van der Waals surface area contributed by atoms with Crippen LogP contribution in [0.5, 0.6) is 5.75 Å². The smallest absolute Gasteiger partial charge is 0.412 e. The van der Waals surface area contributed by atoms with Crippen LogP contribution in [-0.4, -0.2) is 48.7 Å². The monoisotopic (exact) mass is 443 g/mol. The summed E-state index contributed by atoms with van der Waals surface area (Å²) in [5.41, 5.74) is 2.36. The molecule has 2 aromatic carbocycles. The van der Waals surface area contributed by atoms with Gasteiger partial charge in [-0.25, -0.2) is 9.59 Å². The first kappa shape index (κ1) is 24.9. The lowest BCUT2D eigenvalue weighted by atomic mass is 10.00. The van der Waals surface area contributed by atoms with E-state index in [2.05, 4.69) is 5.32 Å². The number of carboxylic acids is 1. The number of aliphatic hydroxyl groups is 1. The molecule has 0 aliphatic rings. The molecule has 172 valence electrons. The normalized spacial score (nSPS) is 12.8. The summed E-state index contributed by atoms with van der Waals surface area (Å²) in [4.78, 5) is 23.3. The molecule has 0 unspecified atom stereocenters. The lowest BCUT2D eigenvalue weighted by Crippen LogP contribution is -2.28. The number of nitrogens with one attached hydrogen (secondary N) is 1. The molecular formula is C24H29NO7. The fourth-order valence-electron chi connectivity index (χ4n) is 3.01. The van der Waals surface area contributed by atoms with E-state index in [1.807, 2.05) is 19.1 Å². The third-order valence-electron chi connectivity index (χ3n) is 4.62. The average Bonchev–Trinajstić information content (AvgIpc) is 2.78. The first-order chi connectivity index (χ1) is 15.4. The second kappa shape index (κ2) is 13.1. The molecule has 0 heterocycles. The molecule has 0 aliphatic heterocycles. The van der Waals surface area contributed by atoms with Crippen molar-refractivity contribution in [3.05, 3.63) is 71.8 Å². The molecule has 2 atom stereocenters. The molecule has 0 aromatic heterocycles. The molecule has 3 N–H and O–H groups in total. The predicted molar refractivity (Wildman–Crippen MR) is 120 cm³/mol. The highest BCUT2D eigenvalue weighted by atomic mass is 16.6. The van der Waals surface area contributed by atoms with E-state index in [4.69, 9.17) is 24.4 Å². The van der Waals surface area contributed by atoms with E-state index in [9.17, 15) is 9.59 Å². The third-order valence-corrected chi connectivity index (χ3v) is 4.62. The first-order valence-electron chi connectivity index (χ1n) is 10.2. The van der Waals surface area contributed by atoms with Crippen molar-refractivity contribution in [3.8, 4) is 5.75 Å². The lowest BCUT2D eigenvalue weighted by Gasteiger charge is -2.26. The van der Waals surface area contributed by atoms with Gasteiger partial charge in [0.2, 0.25) is 0 Å². The number of carbonyl (C=O) groups is 2. The summed E-state index contributed by atoms with van der Waals surface area (Å²) in [5.74, 6) is -0.452. The predicted octanol–water partition coefficient (Wildman–Crippen LogP) is 4.09. The van der Waals surface area contributed by atoms with E-state index in [1.165, 1.54) is 13.2 Å². The summed E-state index contributed by atoms with van der Waals surface area (Å²) in [6.07, 6.45) is 1.58. The number of rotatable bonds is 12. The van der Waals surface area contributed by atoms with Gasteiger partial charge in [-0.2, -0.15) is 0 Å². The second-order valence-corrected chi connectivity index (χ2v) is 7.05. The summed E-state index contributed by atoms with van der Waals surface area (Å²) in [6, 6.07) is 14.3. The number of amides is 1. The Balaban J connectivity index is 2.17. The number of ether oxygens (including phenoxy) is 3. The Morgan fingerprint density at radius 2 is 1.78 bits per heavy atom. The van der Waals surface area contributed by atoms with Crippen molar-refractivity contribution in [2.75, 3.05) is 25.6 Å². The number of methoxy groups -OCH3 is 1. The second-order valence-electron chi connectivity index (χ2n) is 7.05. The fourth-order valence-corrected chi connectivity index (χ4v) is 3.01. The van der Waals surface area contributed by atoms with E-state index in [1.54, 1.807) is 36.4 Å². The molecule has 0 aliphatic carbocycles. The largest absolute Gasteiger partial charge is 0.491 e. The number of benzene rings is 2. The van der Waals surface area contributed by atoms with Crippen molar-refractivity contribution in [3.63, 3.8) is 0 Å². The van der Waals surface area contributed by atoms with E-state index in [-0.39, 0.29) is 13.2 Å². The van der Waals surface area contributed by atoms with Gasteiger partial charge >= 0.3 is 12.1 Å². The lowest BCUT2D eigenvalue weighted by molar-refractivity contribution is -0.131. The molecule has 2 aromatic rings. The van der Waals surface area contributed by atoms with Crippen LogP contribution in [0.2, 0.25) is 0 Å². The highest BCUT2D eigenvalue weighted by Crippen LogP contribution is 2.29. The van der Waals surface area contributed by atoms with Gasteiger partial charge in [-0.1, -0.05) is 35.9 Å². The van der Waals surface area contributed by atoms with Gasteiger partial charge in [-0.3, -0.25) is 5.32 Å². The van der Waals surface area contributed by atoms with E-state index in [0.717, 1.165) is 11.6 Å². The molecule has 0 bridgehead atoms. The maximum absolute atomic E-state index is 12.6. The van der Waals surface area contributed by atoms with E-state index >= 15 is 0 Å². The van der Waals surface area contributed by atoms with Crippen molar-refractivity contribution in [2.45, 2.75) is 32.0 Å². The molecule has 0 fully saturated rings. The van der Waals surface area contributed by atoms with Crippen LogP contribution in [0.15, 0.2) is 60.7 Å². The van der Waals surface area contributed by atoms with E-state index < -0.39 is 24.3 Å². The molecule has 1 amide bonds. The van der Waals surface area contributed by atoms with Crippen LogP contribution in [0.25, 0.3) is 0 Å². The van der Waals surface area contributed by atoms with Crippen molar-refractivity contribution in [1.29, 1.82) is 0 Å². The molecule has 32 heavy (non-hydrogen) atoms. The average molecular weight is 443 g/mol. The summed E-state index contributed by atoms with van der Waals surface area (Å²) in [5, 5.41) is 20.4. The number of aliphatic carboxylic acids is 1. The van der Waals surface area contributed by atoms with Crippen molar-refractivity contribution in [2.24, 2.45) is 0 Å². The zero-order valence-corrected chi connectivity index (χ0v) is 18.2. The number of aliphatic hydroxyl groups excluding tert-OH is 1. The van der Waals surface area contributed by atoms with Gasteiger partial charge in [0.15, 0.2) is 6.10 Å². The Hall–Kier alpha value is -3.36. The number of carbonyl (C=O) groups excluding carboxylic acids is 1. The van der Waals surface area contributed by atoms with Crippen LogP contribution in [0, 0.1) is 6.92 Å². The third kappa shape index (κ3) is 8.41. The zero-order chi connectivity index (χ0) is 23.3. The van der Waals surface area contributed by atoms with Crippen LogP contribution >= 0.6 is 0 Å². The highest BCUT2D eigenvalue weighted by molar-refractivity contribution is 5.84. The topological polar surface area (TPSA) is 114 Å². The molecule has 0 saturated carbocycles. The fraction of sp³-hybridized carbons (Fsp3) is 0.333. The molecule has 2 rings (SSSR count). The molecule has 0 spiro atoms. The van der Waals surface area contributed by atoms with Gasteiger partial charge in [-0.05, 0) is 49.6 Å². The maximum Gasteiger partial charge on any atom is 0.412 e. The number of allylic oxidation sites excluding steroid dienone is 1. The number of anilines is 1. The molecule has 8 heteroatoms. The Morgan fingerprint density at radius 3 is 2.38 bits per heavy atom. The van der Waals surface area contributed by atoms with Crippen molar-refractivity contribution < 1.29 is 34.0 Å². The quantitative estimate of drug-likeness (QED) is 0.423. The van der Waals surface area contributed by atoms with Crippen LogP contribution < -0.4 is 10.1 Å². The Morgan fingerprint density at radius 1 is 1.09 bits per heavy atom.